The molecule has 0 radical (unpaired) electrons. The summed E-state index contributed by atoms with van der Waals surface area (Å²) < 4.78 is 25.8. The number of nitrogens with two attached hydrogens (primary N) is 1. The van der Waals surface area contributed by atoms with Gasteiger partial charge in [-0.05, 0) is 36.8 Å². The molecule has 29 heavy (non-hydrogen) atoms. The number of allylic oxidation sites excluding steroid dienone is 1. The first-order valence-electron chi connectivity index (χ1n) is 9.27. The van der Waals surface area contributed by atoms with E-state index in [4.69, 9.17) is 15.2 Å². The Bertz CT molecular complexity index is 1110. The molecular weight excluding hydrogens is 371 g/mol. The second kappa shape index (κ2) is 7.68. The summed E-state index contributed by atoms with van der Waals surface area (Å²) in [6.45, 7) is 2.68. The van der Waals surface area contributed by atoms with Crippen molar-refractivity contribution >= 4 is 0 Å². The fourth-order valence-electron chi connectivity index (χ4n) is 3.42. The second-order valence-electron chi connectivity index (χ2n) is 6.64. The molecule has 3 N–H and O–H groups in total. The van der Waals surface area contributed by atoms with Crippen LogP contribution in [0, 0.1) is 17.1 Å². The van der Waals surface area contributed by atoms with Crippen LogP contribution in [0.1, 0.15) is 30.4 Å². The number of nitrogens with zero attached hydrogens (tertiary/aromatic N) is 2. The van der Waals surface area contributed by atoms with Gasteiger partial charge in [0.25, 0.3) is 0 Å². The second-order valence-corrected chi connectivity index (χ2v) is 6.64. The maximum Gasteiger partial charge on any atom is 0.244 e. The van der Waals surface area contributed by atoms with Crippen LogP contribution in [-0.2, 0) is 0 Å². The van der Waals surface area contributed by atoms with Crippen molar-refractivity contribution in [2.75, 3.05) is 6.61 Å². The highest BCUT2D eigenvalue weighted by atomic mass is 19.1. The van der Waals surface area contributed by atoms with Gasteiger partial charge in [0.05, 0.1) is 23.8 Å². The SMILES string of the molecule is CCCOc1ccc(-c2[nH]nc3c2[C@H](c2ccccc2F)C(C#N)=C(N)O3)cc1. The van der Waals surface area contributed by atoms with Crippen LogP contribution < -0.4 is 15.2 Å². The van der Waals surface area contributed by atoms with Crippen molar-refractivity contribution in [2.24, 2.45) is 5.73 Å². The number of nitrogens with one attached hydrogen (secondary N) is 1. The number of hydrogen-bond donors (Lipinski definition) is 2. The summed E-state index contributed by atoms with van der Waals surface area (Å²) in [6.07, 6.45) is 0.919. The summed E-state index contributed by atoms with van der Waals surface area (Å²) in [5, 5.41) is 16.8. The van der Waals surface area contributed by atoms with Crippen LogP contribution in [0.2, 0.25) is 0 Å². The molecular formula is C22H19FN4O2. The van der Waals surface area contributed by atoms with Crippen LogP contribution >= 0.6 is 0 Å². The Morgan fingerprint density at radius 1 is 1.24 bits per heavy atom. The maximum atomic E-state index is 14.7. The average Bonchev–Trinajstić information content (AvgIpc) is 3.15. The Kier molecular flexibility index (Phi) is 4.92. The van der Waals surface area contributed by atoms with E-state index in [1.54, 1.807) is 18.2 Å². The molecule has 2 aromatic carbocycles. The van der Waals surface area contributed by atoms with Crippen molar-refractivity contribution in [3.8, 4) is 29.0 Å². The summed E-state index contributed by atoms with van der Waals surface area (Å²) >= 11 is 0. The number of halogens is 1. The number of aromatic amines is 1. The standard InChI is InChI=1S/C22H19FN4O2/c1-2-11-28-14-9-7-13(8-10-14)20-19-18(15-5-3-4-6-17(15)23)16(12-24)21(25)29-22(19)27-26-20/h3-10,18H,2,11,25H2,1H3,(H,26,27)/t18-/m1/s1. The van der Waals surface area contributed by atoms with E-state index in [2.05, 4.69) is 16.3 Å². The van der Waals surface area contributed by atoms with Crippen LogP contribution in [0.4, 0.5) is 4.39 Å². The predicted molar refractivity (Wildman–Crippen MR) is 106 cm³/mol. The zero-order valence-corrected chi connectivity index (χ0v) is 15.8. The van der Waals surface area contributed by atoms with E-state index in [-0.39, 0.29) is 17.3 Å². The largest absolute Gasteiger partial charge is 0.494 e. The average molecular weight is 390 g/mol. The normalized spacial score (nSPS) is 15.4. The molecule has 146 valence electrons. The Hall–Kier alpha value is -3.79. The summed E-state index contributed by atoms with van der Waals surface area (Å²) in [6, 6.07) is 15.9. The number of aromatic nitrogens is 2. The van der Waals surface area contributed by atoms with Crippen molar-refractivity contribution in [3.05, 3.63) is 76.9 Å². The molecule has 0 spiro atoms. The molecule has 0 saturated heterocycles. The van der Waals surface area contributed by atoms with Gasteiger partial charge in [-0.25, -0.2) is 4.39 Å². The highest BCUT2D eigenvalue weighted by molar-refractivity contribution is 5.71. The van der Waals surface area contributed by atoms with Gasteiger partial charge >= 0.3 is 0 Å². The lowest BCUT2D eigenvalue weighted by molar-refractivity contribution is 0.317. The van der Waals surface area contributed by atoms with Crippen LogP contribution in [0.25, 0.3) is 11.3 Å². The quantitative estimate of drug-likeness (QED) is 0.680. The van der Waals surface area contributed by atoms with Gasteiger partial charge in [-0.3, -0.25) is 5.10 Å². The maximum absolute atomic E-state index is 14.7. The minimum absolute atomic E-state index is 0.0744. The lowest BCUT2D eigenvalue weighted by atomic mass is 9.83. The summed E-state index contributed by atoms with van der Waals surface area (Å²) in [5.74, 6) is -0.241. The Labute approximate surface area is 167 Å². The van der Waals surface area contributed by atoms with E-state index in [1.165, 1.54) is 6.07 Å². The predicted octanol–water partition coefficient (Wildman–Crippen LogP) is 4.22. The molecule has 4 rings (SSSR count). The number of rotatable bonds is 5. The van der Waals surface area contributed by atoms with Gasteiger partial charge in [0.1, 0.15) is 23.2 Å². The topological polar surface area (TPSA) is 97.0 Å². The van der Waals surface area contributed by atoms with E-state index in [0.29, 0.717) is 23.4 Å². The molecule has 1 aliphatic rings. The molecule has 0 fully saturated rings. The highest BCUT2D eigenvalue weighted by Gasteiger charge is 2.36. The third-order valence-electron chi connectivity index (χ3n) is 4.77. The van der Waals surface area contributed by atoms with Crippen LogP contribution in [0.3, 0.4) is 0 Å². The molecule has 0 bridgehead atoms. The first-order chi connectivity index (χ1) is 14.1. The third kappa shape index (κ3) is 3.29. The monoisotopic (exact) mass is 390 g/mol. The first kappa shape index (κ1) is 18.6. The number of ether oxygens (including phenoxy) is 2. The van der Waals surface area contributed by atoms with E-state index in [0.717, 1.165) is 17.7 Å². The van der Waals surface area contributed by atoms with E-state index < -0.39 is 11.7 Å². The van der Waals surface area contributed by atoms with E-state index >= 15 is 0 Å². The van der Waals surface area contributed by atoms with Crippen molar-refractivity contribution in [3.63, 3.8) is 0 Å². The summed E-state index contributed by atoms with van der Waals surface area (Å²) in [5.41, 5.74) is 8.44. The lowest BCUT2D eigenvalue weighted by Gasteiger charge is -2.24. The first-order valence-corrected chi connectivity index (χ1v) is 9.27. The number of fused-ring (bicyclic) bond motifs is 1. The van der Waals surface area contributed by atoms with E-state index in [9.17, 15) is 9.65 Å². The lowest BCUT2D eigenvalue weighted by Crippen LogP contribution is -2.21. The number of nitriles is 1. The fraction of sp³-hybridized carbons (Fsp3) is 0.182. The van der Waals surface area contributed by atoms with Crippen molar-refractivity contribution in [2.45, 2.75) is 19.3 Å². The molecule has 0 unspecified atom stereocenters. The molecule has 0 saturated carbocycles. The van der Waals surface area contributed by atoms with Gasteiger partial charge < -0.3 is 15.2 Å². The van der Waals surface area contributed by atoms with Gasteiger partial charge in [0.15, 0.2) is 0 Å². The Balaban J connectivity index is 1.83. The third-order valence-corrected chi connectivity index (χ3v) is 4.77. The smallest absolute Gasteiger partial charge is 0.244 e. The van der Waals surface area contributed by atoms with Gasteiger partial charge in [-0.2, -0.15) is 5.26 Å². The van der Waals surface area contributed by atoms with Crippen molar-refractivity contribution in [1.29, 1.82) is 5.26 Å². The van der Waals surface area contributed by atoms with Gasteiger partial charge in [0, 0.05) is 11.1 Å². The molecule has 1 atom stereocenters. The molecule has 1 aromatic heterocycles. The van der Waals surface area contributed by atoms with Gasteiger partial charge in [-0.15, -0.1) is 5.10 Å². The fourth-order valence-corrected chi connectivity index (χ4v) is 3.42. The minimum Gasteiger partial charge on any atom is -0.494 e. The summed E-state index contributed by atoms with van der Waals surface area (Å²) in [7, 11) is 0. The van der Waals surface area contributed by atoms with Crippen LogP contribution in [-0.4, -0.2) is 16.8 Å². The molecule has 0 aliphatic carbocycles. The van der Waals surface area contributed by atoms with Crippen LogP contribution in [0.15, 0.2) is 60.0 Å². The zero-order valence-electron chi connectivity index (χ0n) is 15.8. The summed E-state index contributed by atoms with van der Waals surface area (Å²) in [4.78, 5) is 0. The molecule has 3 aromatic rings. The molecule has 1 aliphatic heterocycles. The molecule has 7 heteroatoms. The Morgan fingerprint density at radius 2 is 2.00 bits per heavy atom. The molecule has 2 heterocycles. The zero-order chi connectivity index (χ0) is 20.4. The Morgan fingerprint density at radius 3 is 2.69 bits per heavy atom. The van der Waals surface area contributed by atoms with Crippen molar-refractivity contribution in [1.82, 2.24) is 10.2 Å². The highest BCUT2D eigenvalue weighted by Crippen LogP contribution is 2.46. The van der Waals surface area contributed by atoms with Gasteiger partial charge in [-0.1, -0.05) is 25.1 Å². The minimum atomic E-state index is -0.727. The number of benzene rings is 2. The van der Waals surface area contributed by atoms with Gasteiger partial charge in [0.2, 0.25) is 11.8 Å². The molecule has 0 amide bonds. The number of H-pyrrole nitrogens is 1. The number of hydrogen-bond acceptors (Lipinski definition) is 5. The van der Waals surface area contributed by atoms with Crippen molar-refractivity contribution < 1.29 is 13.9 Å². The van der Waals surface area contributed by atoms with E-state index in [1.807, 2.05) is 31.2 Å². The molecule has 6 nitrogen and oxygen atoms in total. The van der Waals surface area contributed by atoms with Crippen LogP contribution in [0.5, 0.6) is 11.6 Å².